The Kier molecular flexibility index (Phi) is 6.50. The van der Waals surface area contributed by atoms with Crippen LogP contribution in [0.4, 0.5) is 0 Å². The Labute approximate surface area is 144 Å². The Morgan fingerprint density at radius 2 is 1.50 bits per heavy atom. The fraction of sp³-hybridized carbons (Fsp3) is 0.400. The second-order valence-electron chi connectivity index (χ2n) is 5.92. The molecule has 2 rings (SSSR count). The highest BCUT2D eigenvalue weighted by atomic mass is 16.5. The molecule has 0 radical (unpaired) electrons. The van der Waals surface area contributed by atoms with Crippen molar-refractivity contribution in [3.05, 3.63) is 53.6 Å². The molecule has 0 aromatic heterocycles. The zero-order valence-electron chi connectivity index (χ0n) is 15.1. The molecule has 0 bridgehead atoms. The van der Waals surface area contributed by atoms with Crippen LogP contribution in [-0.4, -0.2) is 27.4 Å². The molecule has 0 spiro atoms. The first-order valence-corrected chi connectivity index (χ1v) is 8.19. The summed E-state index contributed by atoms with van der Waals surface area (Å²) in [6.45, 7) is 4.34. The van der Waals surface area contributed by atoms with Gasteiger partial charge in [0.1, 0.15) is 5.75 Å². The number of methoxy groups -OCH3 is 3. The third kappa shape index (κ3) is 4.42. The molecule has 130 valence electrons. The highest BCUT2D eigenvalue weighted by Crippen LogP contribution is 2.30. The number of benzene rings is 2. The van der Waals surface area contributed by atoms with Gasteiger partial charge in [-0.05, 0) is 49.6 Å². The molecule has 2 atom stereocenters. The number of nitrogens with one attached hydrogen (secondary N) is 1. The maximum absolute atomic E-state index is 5.43. The Balaban J connectivity index is 2.04. The second kappa shape index (κ2) is 8.60. The predicted octanol–water partition coefficient (Wildman–Crippen LogP) is 3.99. The first kappa shape index (κ1) is 18.1. The number of hydrogen-bond acceptors (Lipinski definition) is 4. The highest BCUT2D eigenvalue weighted by molar-refractivity contribution is 5.43. The van der Waals surface area contributed by atoms with E-state index in [1.54, 1.807) is 21.3 Å². The molecule has 24 heavy (non-hydrogen) atoms. The van der Waals surface area contributed by atoms with Crippen LogP contribution in [0.1, 0.15) is 31.0 Å². The molecule has 1 N–H and O–H groups in total. The number of rotatable bonds is 8. The van der Waals surface area contributed by atoms with Crippen molar-refractivity contribution >= 4 is 0 Å². The van der Waals surface area contributed by atoms with Crippen LogP contribution in [0.3, 0.4) is 0 Å². The monoisotopic (exact) mass is 329 g/mol. The van der Waals surface area contributed by atoms with E-state index in [0.717, 1.165) is 23.7 Å². The topological polar surface area (TPSA) is 39.7 Å². The summed E-state index contributed by atoms with van der Waals surface area (Å²) in [5.41, 5.74) is 2.37. The summed E-state index contributed by atoms with van der Waals surface area (Å²) in [5.74, 6) is 2.43. The largest absolute Gasteiger partial charge is 0.496 e. The van der Waals surface area contributed by atoms with Gasteiger partial charge in [-0.1, -0.05) is 24.3 Å². The SMILES string of the molecule is COc1ccccc1CC(C)NC(C)c1ccc(OC)c(OC)c1. The minimum atomic E-state index is 0.203. The van der Waals surface area contributed by atoms with Crippen molar-refractivity contribution in [2.75, 3.05) is 21.3 Å². The van der Waals surface area contributed by atoms with Gasteiger partial charge < -0.3 is 19.5 Å². The Morgan fingerprint density at radius 1 is 0.833 bits per heavy atom. The normalized spacial score (nSPS) is 13.2. The van der Waals surface area contributed by atoms with E-state index in [4.69, 9.17) is 14.2 Å². The van der Waals surface area contributed by atoms with E-state index in [-0.39, 0.29) is 6.04 Å². The summed E-state index contributed by atoms with van der Waals surface area (Å²) < 4.78 is 16.1. The third-order valence-electron chi connectivity index (χ3n) is 4.16. The van der Waals surface area contributed by atoms with E-state index >= 15 is 0 Å². The van der Waals surface area contributed by atoms with E-state index < -0.39 is 0 Å². The zero-order chi connectivity index (χ0) is 17.5. The van der Waals surface area contributed by atoms with E-state index in [1.165, 1.54) is 11.1 Å². The molecular formula is C20H27NO3. The maximum Gasteiger partial charge on any atom is 0.161 e. The van der Waals surface area contributed by atoms with Gasteiger partial charge in [-0.25, -0.2) is 0 Å². The summed E-state index contributed by atoms with van der Waals surface area (Å²) in [6, 6.07) is 14.7. The fourth-order valence-electron chi connectivity index (χ4n) is 2.91. The van der Waals surface area contributed by atoms with Crippen LogP contribution in [0.15, 0.2) is 42.5 Å². The van der Waals surface area contributed by atoms with Crippen molar-refractivity contribution in [1.82, 2.24) is 5.32 Å². The summed E-state index contributed by atoms with van der Waals surface area (Å²) in [4.78, 5) is 0. The number of hydrogen-bond donors (Lipinski definition) is 1. The standard InChI is InChI=1S/C20H27NO3/c1-14(12-17-8-6-7-9-18(17)22-3)21-15(2)16-10-11-19(23-4)20(13-16)24-5/h6-11,13-15,21H,12H2,1-5H3. The molecule has 0 aliphatic carbocycles. The minimum Gasteiger partial charge on any atom is -0.496 e. The molecule has 0 aliphatic heterocycles. The summed E-state index contributed by atoms with van der Waals surface area (Å²) in [6.07, 6.45) is 0.904. The molecule has 2 aromatic carbocycles. The van der Waals surface area contributed by atoms with Crippen LogP contribution in [0.5, 0.6) is 17.2 Å². The Morgan fingerprint density at radius 3 is 2.17 bits per heavy atom. The average molecular weight is 329 g/mol. The molecule has 2 aromatic rings. The average Bonchev–Trinajstić information content (AvgIpc) is 2.61. The van der Waals surface area contributed by atoms with E-state index in [0.29, 0.717) is 6.04 Å². The molecule has 0 saturated carbocycles. The third-order valence-corrected chi connectivity index (χ3v) is 4.16. The van der Waals surface area contributed by atoms with E-state index in [9.17, 15) is 0 Å². The first-order chi connectivity index (χ1) is 11.6. The lowest BCUT2D eigenvalue weighted by atomic mass is 10.0. The molecule has 0 heterocycles. The van der Waals surface area contributed by atoms with Gasteiger partial charge in [-0.2, -0.15) is 0 Å². The minimum absolute atomic E-state index is 0.203. The van der Waals surface area contributed by atoms with Gasteiger partial charge in [-0.3, -0.25) is 0 Å². The molecule has 0 amide bonds. The molecule has 0 aliphatic rings. The van der Waals surface area contributed by atoms with E-state index in [2.05, 4.69) is 31.3 Å². The summed E-state index contributed by atoms with van der Waals surface area (Å²) >= 11 is 0. The lowest BCUT2D eigenvalue weighted by molar-refractivity contribution is 0.353. The van der Waals surface area contributed by atoms with Crippen LogP contribution in [0.25, 0.3) is 0 Å². The smallest absolute Gasteiger partial charge is 0.161 e. The Bertz CT molecular complexity index is 657. The molecule has 2 unspecified atom stereocenters. The lowest BCUT2D eigenvalue weighted by Gasteiger charge is -2.22. The molecular weight excluding hydrogens is 302 g/mol. The zero-order valence-corrected chi connectivity index (χ0v) is 15.1. The Hall–Kier alpha value is -2.20. The van der Waals surface area contributed by atoms with Crippen molar-refractivity contribution in [2.24, 2.45) is 0 Å². The maximum atomic E-state index is 5.43. The molecule has 4 heteroatoms. The summed E-state index contributed by atoms with van der Waals surface area (Å²) in [5, 5.41) is 3.63. The van der Waals surface area contributed by atoms with Crippen molar-refractivity contribution in [1.29, 1.82) is 0 Å². The predicted molar refractivity (Wildman–Crippen MR) is 97.3 cm³/mol. The van der Waals surface area contributed by atoms with Gasteiger partial charge in [0, 0.05) is 12.1 Å². The lowest BCUT2D eigenvalue weighted by Crippen LogP contribution is -2.30. The van der Waals surface area contributed by atoms with Gasteiger partial charge in [0.25, 0.3) is 0 Å². The van der Waals surface area contributed by atoms with Gasteiger partial charge in [0.15, 0.2) is 11.5 Å². The van der Waals surface area contributed by atoms with Crippen LogP contribution in [-0.2, 0) is 6.42 Å². The molecule has 0 saturated heterocycles. The number of ether oxygens (including phenoxy) is 3. The fourth-order valence-corrected chi connectivity index (χ4v) is 2.91. The highest BCUT2D eigenvalue weighted by Gasteiger charge is 2.14. The quantitative estimate of drug-likeness (QED) is 0.795. The number of para-hydroxylation sites is 1. The van der Waals surface area contributed by atoms with Gasteiger partial charge in [0.05, 0.1) is 21.3 Å². The van der Waals surface area contributed by atoms with Gasteiger partial charge >= 0.3 is 0 Å². The van der Waals surface area contributed by atoms with Crippen LogP contribution < -0.4 is 19.5 Å². The molecule has 4 nitrogen and oxygen atoms in total. The first-order valence-electron chi connectivity index (χ1n) is 8.19. The van der Waals surface area contributed by atoms with Crippen LogP contribution in [0.2, 0.25) is 0 Å². The van der Waals surface area contributed by atoms with Crippen molar-refractivity contribution in [3.8, 4) is 17.2 Å². The van der Waals surface area contributed by atoms with Gasteiger partial charge in [0.2, 0.25) is 0 Å². The van der Waals surface area contributed by atoms with Crippen molar-refractivity contribution < 1.29 is 14.2 Å². The van der Waals surface area contributed by atoms with E-state index in [1.807, 2.05) is 30.3 Å². The second-order valence-corrected chi connectivity index (χ2v) is 5.92. The van der Waals surface area contributed by atoms with Crippen LogP contribution >= 0.6 is 0 Å². The molecule has 0 fully saturated rings. The van der Waals surface area contributed by atoms with Crippen molar-refractivity contribution in [3.63, 3.8) is 0 Å². The summed E-state index contributed by atoms with van der Waals surface area (Å²) in [7, 11) is 5.02. The van der Waals surface area contributed by atoms with Gasteiger partial charge in [-0.15, -0.1) is 0 Å². The van der Waals surface area contributed by atoms with Crippen molar-refractivity contribution in [2.45, 2.75) is 32.4 Å². The van der Waals surface area contributed by atoms with Crippen LogP contribution in [0, 0.1) is 0 Å².